The molecule has 1 heterocycles. The summed E-state index contributed by atoms with van der Waals surface area (Å²) in [4.78, 5) is 10.6. The van der Waals surface area contributed by atoms with Gasteiger partial charge in [-0.1, -0.05) is 0 Å². The number of rotatable bonds is 1. The molecule has 1 saturated heterocycles. The van der Waals surface area contributed by atoms with Crippen molar-refractivity contribution in [3.05, 3.63) is 11.3 Å². The van der Waals surface area contributed by atoms with Crippen molar-refractivity contribution in [2.24, 2.45) is 5.73 Å². The van der Waals surface area contributed by atoms with Gasteiger partial charge in [-0.15, -0.1) is 0 Å². The lowest BCUT2D eigenvalue weighted by Crippen LogP contribution is -2.18. The van der Waals surface area contributed by atoms with Crippen molar-refractivity contribution >= 4 is 5.91 Å². The molecule has 1 aliphatic heterocycles. The summed E-state index contributed by atoms with van der Waals surface area (Å²) in [5, 5.41) is 11.5. The fourth-order valence-electron chi connectivity index (χ4n) is 1.08. The fourth-order valence-corrected chi connectivity index (χ4v) is 1.08. The van der Waals surface area contributed by atoms with E-state index >= 15 is 0 Å². The third-order valence-electron chi connectivity index (χ3n) is 1.60. The van der Waals surface area contributed by atoms with Gasteiger partial charge in [0.1, 0.15) is 11.6 Å². The van der Waals surface area contributed by atoms with E-state index in [0.717, 1.165) is 19.4 Å². The maximum absolute atomic E-state index is 10.6. The minimum absolute atomic E-state index is 0.0718. The number of hydrogen-bond donors (Lipinski definition) is 2. The summed E-state index contributed by atoms with van der Waals surface area (Å²) in [5.41, 5.74) is 5.73. The third-order valence-corrected chi connectivity index (χ3v) is 1.60. The maximum atomic E-state index is 10.6. The highest BCUT2D eigenvalue weighted by molar-refractivity contribution is 5.96. The van der Waals surface area contributed by atoms with Gasteiger partial charge in [0, 0.05) is 12.2 Å². The Kier molecular flexibility index (Phi) is 2.12. The number of amides is 1. The lowest BCUT2D eigenvalue weighted by molar-refractivity contribution is -0.114. The Morgan fingerprint density at radius 3 is 2.82 bits per heavy atom. The van der Waals surface area contributed by atoms with Crippen molar-refractivity contribution in [2.75, 3.05) is 6.54 Å². The molecule has 0 bridgehead atoms. The number of nitrogens with one attached hydrogen (secondary N) is 1. The van der Waals surface area contributed by atoms with Gasteiger partial charge in [0.2, 0.25) is 0 Å². The van der Waals surface area contributed by atoms with E-state index in [0.29, 0.717) is 5.70 Å². The molecular formula is C7H9N3O. The highest BCUT2D eigenvalue weighted by Crippen LogP contribution is 2.12. The molecule has 1 amide bonds. The second-order valence-corrected chi connectivity index (χ2v) is 2.36. The summed E-state index contributed by atoms with van der Waals surface area (Å²) < 4.78 is 0. The quantitative estimate of drug-likeness (QED) is 0.396. The SMILES string of the molecule is N#C/C(C(N)=O)=C1\CCCN1. The number of nitrogens with two attached hydrogens (primary N) is 1. The number of nitrogens with zero attached hydrogens (tertiary/aromatic N) is 1. The first-order valence-electron chi connectivity index (χ1n) is 3.42. The smallest absolute Gasteiger partial charge is 0.261 e. The Balaban J connectivity index is 2.90. The van der Waals surface area contributed by atoms with E-state index in [1.807, 2.05) is 0 Å². The van der Waals surface area contributed by atoms with Crippen LogP contribution in [0.4, 0.5) is 0 Å². The van der Waals surface area contributed by atoms with Gasteiger partial charge in [-0.25, -0.2) is 0 Å². The molecule has 0 unspecified atom stereocenters. The third kappa shape index (κ3) is 1.49. The molecule has 3 N–H and O–H groups in total. The van der Waals surface area contributed by atoms with Crippen molar-refractivity contribution in [3.63, 3.8) is 0 Å². The van der Waals surface area contributed by atoms with Gasteiger partial charge >= 0.3 is 0 Å². The molecule has 0 aliphatic carbocycles. The number of carbonyl (C=O) groups excluding carboxylic acids is 1. The van der Waals surface area contributed by atoms with Gasteiger partial charge in [-0.3, -0.25) is 4.79 Å². The number of allylic oxidation sites excluding steroid dienone is 1. The lowest BCUT2D eigenvalue weighted by Gasteiger charge is -1.98. The van der Waals surface area contributed by atoms with Gasteiger partial charge < -0.3 is 11.1 Å². The Bertz CT molecular complexity index is 241. The van der Waals surface area contributed by atoms with Crippen LogP contribution in [0.25, 0.3) is 0 Å². The van der Waals surface area contributed by atoms with Crippen LogP contribution >= 0.6 is 0 Å². The second kappa shape index (κ2) is 3.06. The number of primary amides is 1. The molecule has 0 aromatic rings. The Morgan fingerprint density at radius 1 is 1.73 bits per heavy atom. The summed E-state index contributed by atoms with van der Waals surface area (Å²) in [5.74, 6) is -0.642. The minimum atomic E-state index is -0.642. The summed E-state index contributed by atoms with van der Waals surface area (Å²) >= 11 is 0. The van der Waals surface area contributed by atoms with Crippen molar-refractivity contribution in [1.82, 2.24) is 5.32 Å². The molecule has 4 nitrogen and oxygen atoms in total. The van der Waals surface area contributed by atoms with Gasteiger partial charge in [0.25, 0.3) is 5.91 Å². The maximum Gasteiger partial charge on any atom is 0.261 e. The Labute approximate surface area is 64.7 Å². The molecule has 1 fully saturated rings. The average Bonchev–Trinajstić information content (AvgIpc) is 2.40. The molecule has 0 atom stereocenters. The van der Waals surface area contributed by atoms with Crippen molar-refractivity contribution in [1.29, 1.82) is 5.26 Å². The zero-order valence-electron chi connectivity index (χ0n) is 6.05. The number of carbonyl (C=O) groups is 1. The summed E-state index contributed by atoms with van der Waals surface area (Å²) in [6.45, 7) is 0.827. The molecule has 1 aliphatic rings. The van der Waals surface area contributed by atoms with Crippen LogP contribution in [0.2, 0.25) is 0 Å². The lowest BCUT2D eigenvalue weighted by atomic mass is 10.2. The van der Waals surface area contributed by atoms with E-state index in [9.17, 15) is 4.79 Å². The summed E-state index contributed by atoms with van der Waals surface area (Å²) in [7, 11) is 0. The molecule has 0 aromatic heterocycles. The highest BCUT2D eigenvalue weighted by Gasteiger charge is 2.15. The minimum Gasteiger partial charge on any atom is -0.387 e. The first-order valence-corrected chi connectivity index (χ1v) is 3.42. The zero-order valence-corrected chi connectivity index (χ0v) is 6.05. The fraction of sp³-hybridized carbons (Fsp3) is 0.429. The van der Waals surface area contributed by atoms with E-state index in [4.69, 9.17) is 11.0 Å². The van der Waals surface area contributed by atoms with Crippen LogP contribution in [-0.2, 0) is 4.79 Å². The van der Waals surface area contributed by atoms with E-state index < -0.39 is 5.91 Å². The van der Waals surface area contributed by atoms with Crippen LogP contribution in [0, 0.1) is 11.3 Å². The Hall–Kier alpha value is -1.50. The van der Waals surface area contributed by atoms with Crippen molar-refractivity contribution < 1.29 is 4.79 Å². The molecule has 0 radical (unpaired) electrons. The normalized spacial score (nSPS) is 20.3. The first-order chi connectivity index (χ1) is 5.25. The zero-order chi connectivity index (χ0) is 8.27. The highest BCUT2D eigenvalue weighted by atomic mass is 16.1. The molecular weight excluding hydrogens is 142 g/mol. The van der Waals surface area contributed by atoms with E-state index in [2.05, 4.69) is 5.32 Å². The molecule has 4 heteroatoms. The van der Waals surface area contributed by atoms with Crippen LogP contribution < -0.4 is 11.1 Å². The molecule has 1 rings (SSSR count). The monoisotopic (exact) mass is 151 g/mol. The summed E-state index contributed by atoms with van der Waals surface area (Å²) in [6, 6.07) is 1.79. The standard InChI is InChI=1S/C7H9N3O/c8-4-5(7(9)11)6-2-1-3-10-6/h10H,1-3H2,(H2,9,11)/b6-5-. The molecule has 58 valence electrons. The largest absolute Gasteiger partial charge is 0.387 e. The van der Waals surface area contributed by atoms with Crippen LogP contribution in [0.3, 0.4) is 0 Å². The van der Waals surface area contributed by atoms with E-state index in [1.54, 1.807) is 6.07 Å². The predicted octanol–water partition coefficient (Wildman–Crippen LogP) is -0.367. The Morgan fingerprint density at radius 2 is 2.45 bits per heavy atom. The second-order valence-electron chi connectivity index (χ2n) is 2.36. The van der Waals surface area contributed by atoms with Gasteiger partial charge in [-0.2, -0.15) is 5.26 Å². The number of nitriles is 1. The topological polar surface area (TPSA) is 78.9 Å². The van der Waals surface area contributed by atoms with Crippen molar-refractivity contribution in [3.8, 4) is 6.07 Å². The van der Waals surface area contributed by atoms with E-state index in [1.165, 1.54) is 0 Å². The first kappa shape index (κ1) is 7.61. The number of hydrogen-bond acceptors (Lipinski definition) is 3. The summed E-state index contributed by atoms with van der Waals surface area (Å²) in [6.07, 6.45) is 1.72. The van der Waals surface area contributed by atoms with Crippen LogP contribution in [0.1, 0.15) is 12.8 Å². The molecule has 0 saturated carbocycles. The molecule has 11 heavy (non-hydrogen) atoms. The predicted molar refractivity (Wildman–Crippen MR) is 39.1 cm³/mol. The molecule has 0 spiro atoms. The van der Waals surface area contributed by atoms with Gasteiger partial charge in [0.05, 0.1) is 0 Å². The average molecular weight is 151 g/mol. The van der Waals surface area contributed by atoms with Crippen LogP contribution in [-0.4, -0.2) is 12.5 Å². The van der Waals surface area contributed by atoms with Gasteiger partial charge in [0.15, 0.2) is 0 Å². The van der Waals surface area contributed by atoms with Crippen LogP contribution in [0.5, 0.6) is 0 Å². The van der Waals surface area contributed by atoms with Crippen LogP contribution in [0.15, 0.2) is 11.3 Å². The van der Waals surface area contributed by atoms with Gasteiger partial charge in [-0.05, 0) is 12.8 Å². The van der Waals surface area contributed by atoms with E-state index in [-0.39, 0.29) is 5.57 Å². The van der Waals surface area contributed by atoms with Crippen molar-refractivity contribution in [2.45, 2.75) is 12.8 Å². The molecule has 0 aromatic carbocycles.